The monoisotopic (exact) mass is 188 g/mol. The van der Waals surface area contributed by atoms with Crippen molar-refractivity contribution in [3.05, 3.63) is 35.4 Å². The number of rotatable bonds is 2. The van der Waals surface area contributed by atoms with Crippen molar-refractivity contribution in [1.82, 2.24) is 0 Å². The SMILES string of the molecule is O=C(O)C(O)c1cc(F)ccc1F. The fraction of sp³-hybridized carbons (Fsp3) is 0.125. The van der Waals surface area contributed by atoms with Crippen LogP contribution in [0.5, 0.6) is 0 Å². The van der Waals surface area contributed by atoms with Crippen LogP contribution in [0.3, 0.4) is 0 Å². The molecule has 0 bridgehead atoms. The van der Waals surface area contributed by atoms with Crippen LogP contribution < -0.4 is 0 Å². The van der Waals surface area contributed by atoms with E-state index in [0.717, 1.165) is 12.1 Å². The van der Waals surface area contributed by atoms with Gasteiger partial charge in [-0.15, -0.1) is 0 Å². The number of aliphatic carboxylic acids is 1. The number of halogens is 2. The van der Waals surface area contributed by atoms with E-state index in [4.69, 9.17) is 10.2 Å². The smallest absolute Gasteiger partial charge is 0.337 e. The van der Waals surface area contributed by atoms with Crippen LogP contribution in [0.4, 0.5) is 8.78 Å². The summed E-state index contributed by atoms with van der Waals surface area (Å²) in [5.74, 6) is -3.36. The lowest BCUT2D eigenvalue weighted by atomic mass is 10.1. The maximum Gasteiger partial charge on any atom is 0.337 e. The molecule has 70 valence electrons. The van der Waals surface area contributed by atoms with E-state index in [1.807, 2.05) is 0 Å². The molecule has 3 nitrogen and oxygen atoms in total. The van der Waals surface area contributed by atoms with E-state index in [2.05, 4.69) is 0 Å². The third kappa shape index (κ3) is 2.00. The molecule has 0 saturated carbocycles. The predicted octanol–water partition coefficient (Wildman–Crippen LogP) is 1.08. The van der Waals surface area contributed by atoms with Crippen LogP contribution in [0, 0.1) is 11.6 Å². The number of hydrogen-bond acceptors (Lipinski definition) is 2. The standard InChI is InChI=1S/C8H6F2O3/c9-4-1-2-6(10)5(3-4)7(11)8(12)13/h1-3,7,11H,(H,12,13). The van der Waals surface area contributed by atoms with E-state index in [1.165, 1.54) is 0 Å². The van der Waals surface area contributed by atoms with Crippen LogP contribution in [-0.2, 0) is 4.79 Å². The van der Waals surface area contributed by atoms with E-state index < -0.39 is 29.3 Å². The van der Waals surface area contributed by atoms with E-state index in [1.54, 1.807) is 0 Å². The van der Waals surface area contributed by atoms with Gasteiger partial charge in [0, 0.05) is 5.56 Å². The second kappa shape index (κ2) is 3.49. The molecule has 5 heteroatoms. The van der Waals surface area contributed by atoms with E-state index >= 15 is 0 Å². The topological polar surface area (TPSA) is 57.5 Å². The second-order valence-corrected chi connectivity index (χ2v) is 2.41. The number of carbonyl (C=O) groups is 1. The predicted molar refractivity (Wildman–Crippen MR) is 39.0 cm³/mol. The number of carboxylic acid groups (broad SMARTS) is 1. The highest BCUT2D eigenvalue weighted by atomic mass is 19.1. The molecule has 0 amide bonds. The van der Waals surface area contributed by atoms with Gasteiger partial charge in [-0.1, -0.05) is 0 Å². The first-order valence-corrected chi connectivity index (χ1v) is 3.38. The van der Waals surface area contributed by atoms with Gasteiger partial charge in [0.05, 0.1) is 0 Å². The number of hydrogen-bond donors (Lipinski definition) is 2. The number of benzene rings is 1. The van der Waals surface area contributed by atoms with Crippen LogP contribution in [0.1, 0.15) is 11.7 Å². The van der Waals surface area contributed by atoms with Gasteiger partial charge in [0.15, 0.2) is 6.10 Å². The van der Waals surface area contributed by atoms with Crippen molar-refractivity contribution in [2.24, 2.45) is 0 Å². The third-order valence-corrected chi connectivity index (χ3v) is 1.49. The molecule has 0 saturated heterocycles. The van der Waals surface area contributed by atoms with Crippen LogP contribution in [0.15, 0.2) is 18.2 Å². The van der Waals surface area contributed by atoms with Gasteiger partial charge >= 0.3 is 5.97 Å². The molecule has 2 N–H and O–H groups in total. The average Bonchev–Trinajstić information content (AvgIpc) is 2.08. The molecule has 1 aromatic rings. The zero-order valence-corrected chi connectivity index (χ0v) is 6.37. The van der Waals surface area contributed by atoms with Crippen LogP contribution in [0.2, 0.25) is 0 Å². The van der Waals surface area contributed by atoms with Gasteiger partial charge in [0.2, 0.25) is 0 Å². The fourth-order valence-electron chi connectivity index (χ4n) is 0.857. The lowest BCUT2D eigenvalue weighted by Crippen LogP contribution is -2.12. The highest BCUT2D eigenvalue weighted by Crippen LogP contribution is 2.18. The maximum atomic E-state index is 12.8. The van der Waals surface area contributed by atoms with Crippen molar-refractivity contribution >= 4 is 5.97 Å². The molecule has 0 fully saturated rings. The molecule has 1 rings (SSSR count). The fourth-order valence-corrected chi connectivity index (χ4v) is 0.857. The summed E-state index contributed by atoms with van der Waals surface area (Å²) in [6, 6.07) is 2.25. The van der Waals surface area contributed by atoms with E-state index in [9.17, 15) is 13.6 Å². The van der Waals surface area contributed by atoms with Crippen molar-refractivity contribution in [2.75, 3.05) is 0 Å². The average molecular weight is 188 g/mol. The van der Waals surface area contributed by atoms with Gasteiger partial charge in [-0.25, -0.2) is 13.6 Å². The van der Waals surface area contributed by atoms with Crippen molar-refractivity contribution in [3.8, 4) is 0 Å². The number of aliphatic hydroxyl groups is 1. The maximum absolute atomic E-state index is 12.8. The van der Waals surface area contributed by atoms with Gasteiger partial charge in [-0.05, 0) is 18.2 Å². The second-order valence-electron chi connectivity index (χ2n) is 2.41. The van der Waals surface area contributed by atoms with E-state index in [0.29, 0.717) is 6.07 Å². The first-order valence-electron chi connectivity index (χ1n) is 3.38. The lowest BCUT2D eigenvalue weighted by Gasteiger charge is -2.06. The largest absolute Gasteiger partial charge is 0.479 e. The Labute approximate surface area is 72.2 Å². The summed E-state index contributed by atoms with van der Waals surface area (Å²) < 4.78 is 25.3. The minimum atomic E-state index is -2.03. The van der Waals surface area contributed by atoms with Gasteiger partial charge in [0.25, 0.3) is 0 Å². The Hall–Kier alpha value is -1.49. The molecule has 13 heavy (non-hydrogen) atoms. The van der Waals surface area contributed by atoms with Crippen LogP contribution >= 0.6 is 0 Å². The molecule has 0 aliphatic rings. The number of aliphatic hydroxyl groups excluding tert-OH is 1. The summed E-state index contributed by atoms with van der Waals surface area (Å²) in [5, 5.41) is 17.2. The van der Waals surface area contributed by atoms with Gasteiger partial charge in [-0.2, -0.15) is 0 Å². The summed E-state index contributed by atoms with van der Waals surface area (Å²) in [6.45, 7) is 0. The Kier molecular flexibility index (Phi) is 2.57. The molecule has 0 radical (unpaired) electrons. The zero-order valence-electron chi connectivity index (χ0n) is 6.37. The van der Waals surface area contributed by atoms with Crippen LogP contribution in [-0.4, -0.2) is 16.2 Å². The summed E-state index contributed by atoms with van der Waals surface area (Å²) in [7, 11) is 0. The minimum Gasteiger partial charge on any atom is -0.479 e. The van der Waals surface area contributed by atoms with Crippen LogP contribution in [0.25, 0.3) is 0 Å². The van der Waals surface area contributed by atoms with Crippen molar-refractivity contribution < 1.29 is 23.8 Å². The highest BCUT2D eigenvalue weighted by Gasteiger charge is 2.20. The van der Waals surface area contributed by atoms with Gasteiger partial charge < -0.3 is 10.2 Å². The molecule has 0 heterocycles. The zero-order chi connectivity index (χ0) is 10.0. The normalized spacial score (nSPS) is 12.5. The first-order chi connectivity index (χ1) is 6.02. The Morgan fingerprint density at radius 1 is 1.38 bits per heavy atom. The Morgan fingerprint density at radius 2 is 2.00 bits per heavy atom. The molecular weight excluding hydrogens is 182 g/mol. The van der Waals surface area contributed by atoms with Gasteiger partial charge in [-0.3, -0.25) is 0 Å². The summed E-state index contributed by atoms with van der Waals surface area (Å²) in [4.78, 5) is 10.2. The van der Waals surface area contributed by atoms with E-state index in [-0.39, 0.29) is 0 Å². The Morgan fingerprint density at radius 3 is 2.54 bits per heavy atom. The molecule has 0 spiro atoms. The van der Waals surface area contributed by atoms with Gasteiger partial charge in [0.1, 0.15) is 11.6 Å². The first kappa shape index (κ1) is 9.60. The molecule has 0 aliphatic carbocycles. The highest BCUT2D eigenvalue weighted by molar-refractivity contribution is 5.74. The lowest BCUT2D eigenvalue weighted by molar-refractivity contribution is -0.147. The van der Waals surface area contributed by atoms with Crippen molar-refractivity contribution in [1.29, 1.82) is 0 Å². The molecule has 1 atom stereocenters. The molecular formula is C8H6F2O3. The molecule has 0 aromatic heterocycles. The Bertz CT molecular complexity index is 338. The minimum absolute atomic E-state index is 0.576. The third-order valence-electron chi connectivity index (χ3n) is 1.49. The summed E-state index contributed by atoms with van der Waals surface area (Å²) in [5.41, 5.74) is -0.576. The molecule has 0 aliphatic heterocycles. The molecule has 1 unspecified atom stereocenters. The Balaban J connectivity index is 3.12. The van der Waals surface area contributed by atoms with Crippen molar-refractivity contribution in [2.45, 2.75) is 6.10 Å². The molecule has 1 aromatic carbocycles. The quantitative estimate of drug-likeness (QED) is 0.730. The van der Waals surface area contributed by atoms with Crippen molar-refractivity contribution in [3.63, 3.8) is 0 Å². The summed E-state index contributed by atoms with van der Waals surface area (Å²) in [6.07, 6.45) is -2.03. The number of carboxylic acids is 1. The summed E-state index contributed by atoms with van der Waals surface area (Å²) >= 11 is 0.